The third-order valence-corrected chi connectivity index (χ3v) is 6.28. The second-order valence-electron chi connectivity index (χ2n) is 6.71. The lowest BCUT2D eigenvalue weighted by Crippen LogP contribution is -2.61. The third kappa shape index (κ3) is 7.14. The molecule has 37 heavy (non-hydrogen) atoms. The van der Waals surface area contributed by atoms with E-state index in [4.69, 9.17) is 0 Å². The van der Waals surface area contributed by atoms with Crippen molar-refractivity contribution in [3.63, 3.8) is 0 Å². The quantitative estimate of drug-likeness (QED) is 0.115. The van der Waals surface area contributed by atoms with Gasteiger partial charge in [0, 0.05) is 0 Å². The SMILES string of the molecule is O=CC(SC(F)CC(F)(F)C(F)(F)C(F)(F)C(F)(F)F)SC(F)CC(F)(F)C(F)(F)C(F)(F)C(F)(F)F. The second kappa shape index (κ2) is 10.9. The Morgan fingerprint density at radius 1 is 0.486 bits per heavy atom. The number of hydrogen-bond acceptors (Lipinski definition) is 3. The molecule has 0 bridgehead atoms. The first-order chi connectivity index (χ1) is 15.9. The fraction of sp³-hybridized carbons (Fsp3) is 0.929. The van der Waals surface area contributed by atoms with Gasteiger partial charge in [-0.3, -0.25) is 0 Å². The highest BCUT2D eigenvalue weighted by molar-refractivity contribution is 8.18. The monoisotopic (exact) mass is 636 g/mol. The number of carbonyl (C=O) groups is 1. The van der Waals surface area contributed by atoms with Gasteiger partial charge in [0.1, 0.15) is 10.9 Å². The largest absolute Gasteiger partial charge is 0.460 e. The normalized spacial score (nSPS) is 17.9. The predicted octanol–water partition coefficient (Wildman–Crippen LogP) is 8.29. The number of rotatable bonds is 13. The molecule has 0 spiro atoms. The first-order valence-electron chi connectivity index (χ1n) is 8.37. The van der Waals surface area contributed by atoms with Crippen LogP contribution in [0, 0.1) is 0 Å². The van der Waals surface area contributed by atoms with Crippen molar-refractivity contribution in [1.82, 2.24) is 0 Å². The molecule has 0 amide bonds. The van der Waals surface area contributed by atoms with Gasteiger partial charge in [-0.05, 0) is 0 Å². The zero-order chi connectivity index (χ0) is 30.3. The molecule has 0 N–H and O–H groups in total. The topological polar surface area (TPSA) is 17.1 Å². The molecule has 2 atom stereocenters. The van der Waals surface area contributed by atoms with Gasteiger partial charge in [0.25, 0.3) is 0 Å². The standard InChI is InChI=1S/C14H8F20OS2/c15-4(1-7(17,18)9(21,22)11(25,26)13(29,30)31)36-6(3-35)37-5(16)2-8(19,20)10(23,24)12(27,28)14(32,33)34/h3-6H,1-2H2. The summed E-state index contributed by atoms with van der Waals surface area (Å²) in [5.41, 5.74) is -7.56. The molecular weight excluding hydrogens is 628 g/mol. The first-order valence-corrected chi connectivity index (χ1v) is 10.3. The van der Waals surface area contributed by atoms with Gasteiger partial charge in [-0.1, -0.05) is 0 Å². The van der Waals surface area contributed by atoms with E-state index in [2.05, 4.69) is 0 Å². The van der Waals surface area contributed by atoms with Gasteiger partial charge in [0.05, 0.1) is 12.8 Å². The van der Waals surface area contributed by atoms with E-state index in [0.717, 1.165) is 0 Å². The molecule has 0 saturated carbocycles. The van der Waals surface area contributed by atoms with Crippen LogP contribution in [-0.4, -0.2) is 69.8 Å². The van der Waals surface area contributed by atoms with Gasteiger partial charge in [-0.15, -0.1) is 23.5 Å². The van der Waals surface area contributed by atoms with Crippen LogP contribution in [0.3, 0.4) is 0 Å². The smallest absolute Gasteiger partial charge is 0.301 e. The summed E-state index contributed by atoms with van der Waals surface area (Å²) in [6, 6.07) is 0. The minimum absolute atomic E-state index is 0.810. The van der Waals surface area contributed by atoms with E-state index in [9.17, 15) is 92.6 Å². The Hall–Kier alpha value is -1.03. The number of thioether (sulfide) groups is 2. The molecule has 0 aromatic rings. The molecule has 1 nitrogen and oxygen atoms in total. The Labute approximate surface area is 199 Å². The number of halogens is 20. The Kier molecular flexibility index (Phi) is 10.6. The molecule has 23 heteroatoms. The van der Waals surface area contributed by atoms with Crippen molar-refractivity contribution >= 4 is 29.8 Å². The van der Waals surface area contributed by atoms with Crippen molar-refractivity contribution in [2.24, 2.45) is 0 Å². The van der Waals surface area contributed by atoms with Crippen molar-refractivity contribution in [3.05, 3.63) is 0 Å². The van der Waals surface area contributed by atoms with E-state index in [1.165, 1.54) is 0 Å². The zero-order valence-corrected chi connectivity index (χ0v) is 18.1. The number of aldehydes is 1. The predicted molar refractivity (Wildman–Crippen MR) is 85.9 cm³/mol. The Balaban J connectivity index is 5.53. The van der Waals surface area contributed by atoms with Crippen LogP contribution in [0.15, 0.2) is 0 Å². The number of alkyl halides is 20. The summed E-state index contributed by atoms with van der Waals surface area (Å²) >= 11 is -2.27. The average Bonchev–Trinajstić information content (AvgIpc) is 2.63. The first kappa shape index (κ1) is 36.0. The highest BCUT2D eigenvalue weighted by Gasteiger charge is 2.82. The summed E-state index contributed by atoms with van der Waals surface area (Å²) < 4.78 is 253. The van der Waals surface area contributed by atoms with Crippen molar-refractivity contribution < 1.29 is 92.6 Å². The second-order valence-corrected chi connectivity index (χ2v) is 9.59. The fourth-order valence-corrected chi connectivity index (χ4v) is 4.26. The van der Waals surface area contributed by atoms with E-state index in [1.54, 1.807) is 0 Å². The van der Waals surface area contributed by atoms with Gasteiger partial charge in [-0.25, -0.2) is 8.78 Å². The lowest BCUT2D eigenvalue weighted by molar-refractivity contribution is -0.397. The summed E-state index contributed by atoms with van der Waals surface area (Å²) in [5.74, 6) is -42.6. The molecular formula is C14H8F20OS2. The van der Waals surface area contributed by atoms with Crippen LogP contribution in [0.2, 0.25) is 0 Å². The summed E-state index contributed by atoms with van der Waals surface area (Å²) in [6.45, 7) is 0. The molecule has 0 saturated heterocycles. The molecule has 0 aliphatic rings. The van der Waals surface area contributed by atoms with Crippen LogP contribution in [0.4, 0.5) is 87.8 Å². The van der Waals surface area contributed by atoms with Crippen molar-refractivity contribution in [3.8, 4) is 0 Å². The minimum atomic E-state index is -7.44. The summed E-state index contributed by atoms with van der Waals surface area (Å²) in [6.07, 6.45) is -21.9. The number of carbonyl (C=O) groups excluding carboxylic acids is 1. The summed E-state index contributed by atoms with van der Waals surface area (Å²) in [5, 5.41) is 0. The average molecular weight is 636 g/mol. The molecule has 222 valence electrons. The lowest BCUT2D eigenvalue weighted by atomic mass is 10.0. The molecule has 2 unspecified atom stereocenters. The van der Waals surface area contributed by atoms with E-state index in [1.807, 2.05) is 0 Å². The minimum Gasteiger partial charge on any atom is -0.301 e. The lowest BCUT2D eigenvalue weighted by Gasteiger charge is -2.34. The van der Waals surface area contributed by atoms with E-state index in [-0.39, 0.29) is 0 Å². The van der Waals surface area contributed by atoms with Crippen LogP contribution in [0.25, 0.3) is 0 Å². The Morgan fingerprint density at radius 3 is 0.919 bits per heavy atom. The maximum absolute atomic E-state index is 13.7. The molecule has 0 aliphatic carbocycles. The molecule has 0 radical (unpaired) electrons. The molecule has 0 fully saturated rings. The van der Waals surface area contributed by atoms with Crippen LogP contribution in [0.1, 0.15) is 12.8 Å². The van der Waals surface area contributed by atoms with Gasteiger partial charge < -0.3 is 4.79 Å². The Bertz CT molecular complexity index is 714. The van der Waals surface area contributed by atoms with Crippen LogP contribution in [0.5, 0.6) is 0 Å². The van der Waals surface area contributed by atoms with Crippen LogP contribution in [-0.2, 0) is 4.79 Å². The molecule has 0 aromatic heterocycles. The van der Waals surface area contributed by atoms with Crippen LogP contribution >= 0.6 is 23.5 Å². The fourth-order valence-electron chi connectivity index (χ4n) is 1.96. The molecule has 0 heterocycles. The zero-order valence-electron chi connectivity index (χ0n) is 16.5. The third-order valence-electron chi connectivity index (χ3n) is 3.93. The van der Waals surface area contributed by atoms with Gasteiger partial charge in [0.2, 0.25) is 0 Å². The van der Waals surface area contributed by atoms with Gasteiger partial charge in [0.15, 0.2) is 11.0 Å². The highest BCUT2D eigenvalue weighted by atomic mass is 32.2. The van der Waals surface area contributed by atoms with Crippen molar-refractivity contribution in [2.45, 2.75) is 76.3 Å². The Morgan fingerprint density at radius 2 is 0.730 bits per heavy atom. The van der Waals surface area contributed by atoms with E-state index >= 15 is 0 Å². The maximum atomic E-state index is 13.7. The molecule has 0 rings (SSSR count). The van der Waals surface area contributed by atoms with Gasteiger partial charge in [-0.2, -0.15) is 79.0 Å². The van der Waals surface area contributed by atoms with E-state index < -0.39 is 106 Å². The molecule has 0 aromatic carbocycles. The maximum Gasteiger partial charge on any atom is 0.460 e. The van der Waals surface area contributed by atoms with Crippen molar-refractivity contribution in [2.75, 3.05) is 0 Å². The summed E-state index contributed by atoms with van der Waals surface area (Å²) in [7, 11) is 0. The van der Waals surface area contributed by atoms with E-state index in [0.29, 0.717) is 0 Å². The highest BCUT2D eigenvalue weighted by Crippen LogP contribution is 2.56. The molecule has 0 aliphatic heterocycles. The van der Waals surface area contributed by atoms with Crippen LogP contribution < -0.4 is 0 Å². The van der Waals surface area contributed by atoms with Crippen molar-refractivity contribution in [1.29, 1.82) is 0 Å². The summed E-state index contributed by atoms with van der Waals surface area (Å²) in [4.78, 5) is 10.7. The van der Waals surface area contributed by atoms with Gasteiger partial charge >= 0.3 is 47.9 Å². The number of hydrogen-bond donors (Lipinski definition) is 0.